The van der Waals surface area contributed by atoms with Gasteiger partial charge in [-0.05, 0) is 30.2 Å². The number of hydrogen-bond acceptors (Lipinski definition) is 6. The summed E-state index contributed by atoms with van der Waals surface area (Å²) in [6.07, 6.45) is -10.3. The van der Waals surface area contributed by atoms with Crippen LogP contribution in [0, 0.1) is 0 Å². The molecular formula is C21H18ClF6N5O2. The zero-order valence-corrected chi connectivity index (χ0v) is 18.6. The molecule has 188 valence electrons. The Bertz CT molecular complexity index is 1210. The second kappa shape index (κ2) is 8.79. The number of halogens is 7. The average Bonchev–Trinajstić information content (AvgIpc) is 3.17. The molecule has 0 radical (unpaired) electrons. The fraction of sp³-hybridized carbons (Fsp3) is 0.476. The van der Waals surface area contributed by atoms with Crippen molar-refractivity contribution in [3.63, 3.8) is 0 Å². The summed E-state index contributed by atoms with van der Waals surface area (Å²) in [5.74, 6) is -4.51. The highest BCUT2D eigenvalue weighted by Gasteiger charge is 2.43. The topological polar surface area (TPSA) is 76.2 Å². The maximum absolute atomic E-state index is 13.4. The molecule has 2 aromatic heterocycles. The van der Waals surface area contributed by atoms with Crippen LogP contribution < -0.4 is 4.90 Å². The van der Waals surface area contributed by atoms with E-state index in [4.69, 9.17) is 21.1 Å². The van der Waals surface area contributed by atoms with E-state index in [-0.39, 0.29) is 19.6 Å². The van der Waals surface area contributed by atoms with Crippen LogP contribution in [0.4, 0.5) is 32.3 Å². The third kappa shape index (κ3) is 4.76. The molecule has 3 aromatic rings. The normalized spacial score (nSPS) is 21.4. The molecule has 1 unspecified atom stereocenters. The van der Waals surface area contributed by atoms with Gasteiger partial charge in [0.1, 0.15) is 0 Å². The van der Waals surface area contributed by atoms with Crippen molar-refractivity contribution < 1.29 is 35.8 Å². The first-order valence-electron chi connectivity index (χ1n) is 10.7. The zero-order valence-electron chi connectivity index (χ0n) is 17.9. The lowest BCUT2D eigenvalue weighted by Gasteiger charge is -2.38. The van der Waals surface area contributed by atoms with E-state index in [1.807, 2.05) is 0 Å². The first-order chi connectivity index (χ1) is 16.5. The summed E-state index contributed by atoms with van der Waals surface area (Å²) < 4.78 is 91.5. The summed E-state index contributed by atoms with van der Waals surface area (Å²) in [5, 5.41) is 1.34. The Hall–Kier alpha value is -2.64. The minimum Gasteiger partial charge on any atom is -0.376 e. The van der Waals surface area contributed by atoms with Crippen molar-refractivity contribution in [2.24, 2.45) is 0 Å². The molecule has 0 saturated carbocycles. The summed E-state index contributed by atoms with van der Waals surface area (Å²) >= 11 is 6.15. The minimum absolute atomic E-state index is 0.0727. The Morgan fingerprint density at radius 3 is 2.37 bits per heavy atom. The Morgan fingerprint density at radius 1 is 1.03 bits per heavy atom. The van der Waals surface area contributed by atoms with E-state index in [0.717, 1.165) is 16.5 Å². The van der Waals surface area contributed by atoms with Crippen LogP contribution in [0.5, 0.6) is 0 Å². The van der Waals surface area contributed by atoms with Crippen molar-refractivity contribution >= 4 is 28.5 Å². The van der Waals surface area contributed by atoms with Crippen LogP contribution in [0.3, 0.4) is 0 Å². The molecular weight excluding hydrogens is 504 g/mol. The van der Waals surface area contributed by atoms with Crippen LogP contribution >= 0.6 is 11.6 Å². The first-order valence-corrected chi connectivity index (χ1v) is 11.0. The molecule has 0 bridgehead atoms. The van der Waals surface area contributed by atoms with Crippen LogP contribution in [0.2, 0.25) is 5.02 Å². The van der Waals surface area contributed by atoms with Crippen LogP contribution in [0.1, 0.15) is 35.4 Å². The fourth-order valence-electron chi connectivity index (χ4n) is 4.49. The maximum atomic E-state index is 13.4. The van der Waals surface area contributed by atoms with Gasteiger partial charge in [-0.25, -0.2) is 4.98 Å². The number of aromatic amines is 1. The van der Waals surface area contributed by atoms with Crippen LogP contribution in [0.25, 0.3) is 10.9 Å². The zero-order chi connectivity index (χ0) is 25.0. The highest BCUT2D eigenvalue weighted by Crippen LogP contribution is 2.41. The lowest BCUT2D eigenvalue weighted by atomic mass is 9.93. The van der Waals surface area contributed by atoms with Gasteiger partial charge in [-0.15, -0.1) is 0 Å². The summed E-state index contributed by atoms with van der Waals surface area (Å²) in [6, 6.07) is 4.52. The summed E-state index contributed by atoms with van der Waals surface area (Å²) in [7, 11) is 0. The van der Waals surface area contributed by atoms with E-state index >= 15 is 0 Å². The molecule has 4 heterocycles. The van der Waals surface area contributed by atoms with Gasteiger partial charge in [-0.2, -0.15) is 36.3 Å². The van der Waals surface area contributed by atoms with Crippen LogP contribution in [-0.2, 0) is 28.2 Å². The standard InChI is InChI=1S/C21H18ClF6N5O2/c22-10-1-2-14-13(7-10)12-3-4-33(15(16(12)29-14)8-11-9-34-5-6-35-11)19-31-17(20(23,24)25)30-18(32-19)21(26,27)28/h1-2,7,11,15,29H,3-6,8-9H2/t11?,15-/m0/s1. The quantitative estimate of drug-likeness (QED) is 0.491. The number of benzene rings is 1. The van der Waals surface area contributed by atoms with E-state index in [2.05, 4.69) is 19.9 Å². The minimum atomic E-state index is -5.19. The third-order valence-electron chi connectivity index (χ3n) is 5.97. The molecule has 2 atom stereocenters. The van der Waals surface area contributed by atoms with Crippen molar-refractivity contribution in [1.29, 1.82) is 0 Å². The van der Waals surface area contributed by atoms with Gasteiger partial charge in [0.25, 0.3) is 0 Å². The summed E-state index contributed by atoms with van der Waals surface area (Å²) in [4.78, 5) is 14.0. The van der Waals surface area contributed by atoms with Crippen molar-refractivity contribution in [1.82, 2.24) is 19.9 Å². The Kier molecular flexibility index (Phi) is 6.04. The van der Waals surface area contributed by atoms with Crippen molar-refractivity contribution in [2.75, 3.05) is 31.3 Å². The van der Waals surface area contributed by atoms with Crippen molar-refractivity contribution in [2.45, 2.75) is 37.3 Å². The summed E-state index contributed by atoms with van der Waals surface area (Å²) in [6.45, 7) is 1.04. The molecule has 0 amide bonds. The van der Waals surface area contributed by atoms with E-state index < -0.39 is 42.1 Å². The molecule has 1 N–H and O–H groups in total. The maximum Gasteiger partial charge on any atom is 0.451 e. The lowest BCUT2D eigenvalue weighted by molar-refractivity contribution is -0.155. The second-order valence-electron chi connectivity index (χ2n) is 8.25. The molecule has 2 aliphatic heterocycles. The molecule has 35 heavy (non-hydrogen) atoms. The molecule has 5 rings (SSSR count). The van der Waals surface area contributed by atoms with E-state index in [9.17, 15) is 26.3 Å². The Labute approximate surface area is 199 Å². The van der Waals surface area contributed by atoms with Gasteiger partial charge in [0.15, 0.2) is 0 Å². The van der Waals surface area contributed by atoms with Gasteiger partial charge in [0.2, 0.25) is 17.6 Å². The van der Waals surface area contributed by atoms with Gasteiger partial charge in [-0.3, -0.25) is 0 Å². The van der Waals surface area contributed by atoms with E-state index in [0.29, 0.717) is 30.4 Å². The van der Waals surface area contributed by atoms with Gasteiger partial charge in [0.05, 0.1) is 32.0 Å². The number of aromatic nitrogens is 4. The summed E-state index contributed by atoms with van der Waals surface area (Å²) in [5.41, 5.74) is 2.25. The third-order valence-corrected chi connectivity index (χ3v) is 6.21. The van der Waals surface area contributed by atoms with E-state index in [1.54, 1.807) is 18.2 Å². The molecule has 14 heteroatoms. The number of anilines is 1. The number of nitrogens with one attached hydrogen (secondary N) is 1. The molecule has 0 spiro atoms. The predicted molar refractivity (Wildman–Crippen MR) is 112 cm³/mol. The van der Waals surface area contributed by atoms with Crippen LogP contribution in [0.15, 0.2) is 18.2 Å². The average molecular weight is 522 g/mol. The van der Waals surface area contributed by atoms with Gasteiger partial charge in [-0.1, -0.05) is 11.6 Å². The number of alkyl halides is 6. The fourth-order valence-corrected chi connectivity index (χ4v) is 4.66. The van der Waals surface area contributed by atoms with E-state index in [1.165, 1.54) is 4.90 Å². The molecule has 0 aliphatic carbocycles. The van der Waals surface area contributed by atoms with Crippen molar-refractivity contribution in [3.8, 4) is 0 Å². The number of nitrogens with zero attached hydrogens (tertiary/aromatic N) is 4. The Balaban J connectivity index is 1.63. The largest absolute Gasteiger partial charge is 0.451 e. The predicted octanol–water partition coefficient (Wildman–Crippen LogP) is 4.95. The molecule has 2 aliphatic rings. The van der Waals surface area contributed by atoms with Gasteiger partial charge < -0.3 is 19.4 Å². The number of hydrogen-bond donors (Lipinski definition) is 1. The number of fused-ring (bicyclic) bond motifs is 3. The molecule has 1 fully saturated rings. The highest BCUT2D eigenvalue weighted by atomic mass is 35.5. The molecule has 1 saturated heterocycles. The SMILES string of the molecule is FC(F)(F)c1nc(N2CCc3c([nH]c4ccc(Cl)cc34)[C@@H]2CC2COCCO2)nc(C(F)(F)F)n1. The van der Waals surface area contributed by atoms with Gasteiger partial charge >= 0.3 is 12.4 Å². The highest BCUT2D eigenvalue weighted by molar-refractivity contribution is 6.31. The van der Waals surface area contributed by atoms with Crippen molar-refractivity contribution in [3.05, 3.63) is 46.1 Å². The Morgan fingerprint density at radius 2 is 1.74 bits per heavy atom. The molecule has 7 nitrogen and oxygen atoms in total. The number of H-pyrrole nitrogens is 1. The monoisotopic (exact) mass is 521 g/mol. The second-order valence-corrected chi connectivity index (χ2v) is 8.68. The smallest absolute Gasteiger partial charge is 0.376 e. The number of ether oxygens (including phenoxy) is 2. The number of rotatable bonds is 3. The lowest BCUT2D eigenvalue weighted by Crippen LogP contribution is -2.41. The molecule has 1 aromatic carbocycles. The first kappa shape index (κ1) is 24.1. The van der Waals surface area contributed by atoms with Crippen LogP contribution in [-0.4, -0.2) is 52.4 Å². The van der Waals surface area contributed by atoms with Gasteiger partial charge in [0, 0.05) is 34.6 Å².